The van der Waals surface area contributed by atoms with Gasteiger partial charge in [-0.05, 0) is 36.6 Å². The van der Waals surface area contributed by atoms with Crippen LogP contribution >= 0.6 is 15.9 Å². The van der Waals surface area contributed by atoms with Crippen molar-refractivity contribution in [2.45, 2.75) is 19.4 Å². The first-order chi connectivity index (χ1) is 7.10. The van der Waals surface area contributed by atoms with Crippen molar-refractivity contribution in [2.24, 2.45) is 5.73 Å². The molecule has 0 fully saturated rings. The van der Waals surface area contributed by atoms with Gasteiger partial charge >= 0.3 is 0 Å². The molecule has 15 heavy (non-hydrogen) atoms. The summed E-state index contributed by atoms with van der Waals surface area (Å²) in [5.41, 5.74) is 7.96. The van der Waals surface area contributed by atoms with Gasteiger partial charge in [-0.15, -0.1) is 0 Å². The predicted octanol–water partition coefficient (Wildman–Crippen LogP) is 2.15. The van der Waals surface area contributed by atoms with Gasteiger partial charge in [0.2, 0.25) is 0 Å². The van der Waals surface area contributed by atoms with E-state index in [-0.39, 0.29) is 12.6 Å². The molecule has 0 aliphatic heterocycles. The molecule has 1 rings (SSSR count). The second-order valence-electron chi connectivity index (χ2n) is 3.46. The Morgan fingerprint density at radius 1 is 1.53 bits per heavy atom. The van der Waals surface area contributed by atoms with E-state index >= 15 is 0 Å². The minimum Gasteiger partial charge on any atom is -0.496 e. The van der Waals surface area contributed by atoms with Gasteiger partial charge in [-0.3, -0.25) is 0 Å². The summed E-state index contributed by atoms with van der Waals surface area (Å²) in [6.07, 6.45) is 0.546. The zero-order valence-electron chi connectivity index (χ0n) is 8.96. The highest BCUT2D eigenvalue weighted by atomic mass is 79.9. The highest BCUT2D eigenvalue weighted by molar-refractivity contribution is 9.10. The number of aliphatic hydroxyl groups is 1. The molecule has 0 bridgehead atoms. The largest absolute Gasteiger partial charge is 0.496 e. The zero-order valence-corrected chi connectivity index (χ0v) is 10.5. The van der Waals surface area contributed by atoms with Crippen molar-refractivity contribution < 1.29 is 9.84 Å². The summed E-state index contributed by atoms with van der Waals surface area (Å²) in [6, 6.07) is 3.73. The minimum absolute atomic E-state index is 0.0871. The molecule has 0 amide bonds. The molecule has 0 aliphatic carbocycles. The van der Waals surface area contributed by atoms with Crippen LogP contribution in [0.2, 0.25) is 0 Å². The average Bonchev–Trinajstić information content (AvgIpc) is 2.18. The molecule has 0 spiro atoms. The van der Waals surface area contributed by atoms with Gasteiger partial charge in [-0.1, -0.05) is 15.9 Å². The number of aryl methyl sites for hydroxylation is 1. The summed E-state index contributed by atoms with van der Waals surface area (Å²) >= 11 is 3.46. The lowest BCUT2D eigenvalue weighted by molar-refractivity contribution is 0.276. The summed E-state index contributed by atoms with van der Waals surface area (Å²) in [6.45, 7) is 2.06. The first-order valence-electron chi connectivity index (χ1n) is 4.80. The Labute approximate surface area is 98.4 Å². The van der Waals surface area contributed by atoms with Crippen LogP contribution in [0.4, 0.5) is 0 Å². The van der Waals surface area contributed by atoms with Gasteiger partial charge in [0.1, 0.15) is 5.75 Å². The second kappa shape index (κ2) is 5.49. The number of rotatable bonds is 4. The topological polar surface area (TPSA) is 55.5 Å². The van der Waals surface area contributed by atoms with E-state index in [4.69, 9.17) is 15.6 Å². The molecule has 1 aromatic rings. The van der Waals surface area contributed by atoms with Gasteiger partial charge in [0.05, 0.1) is 7.11 Å². The SMILES string of the molecule is COc1cc(C(N)CCO)c(Br)cc1C. The number of hydrogen-bond donors (Lipinski definition) is 2. The minimum atomic E-state index is -0.168. The van der Waals surface area contributed by atoms with Crippen molar-refractivity contribution in [1.29, 1.82) is 0 Å². The Hall–Kier alpha value is -0.580. The highest BCUT2D eigenvalue weighted by Gasteiger charge is 2.12. The average molecular weight is 274 g/mol. The molecule has 3 N–H and O–H groups in total. The fraction of sp³-hybridized carbons (Fsp3) is 0.455. The second-order valence-corrected chi connectivity index (χ2v) is 4.32. The number of methoxy groups -OCH3 is 1. The molecule has 84 valence electrons. The first kappa shape index (κ1) is 12.5. The van der Waals surface area contributed by atoms with Gasteiger partial charge in [-0.25, -0.2) is 0 Å². The quantitative estimate of drug-likeness (QED) is 0.884. The molecular formula is C11H16BrNO2. The Kier molecular flexibility index (Phi) is 4.57. The Balaban J connectivity index is 3.06. The molecule has 4 heteroatoms. The van der Waals surface area contributed by atoms with Gasteiger partial charge in [0.15, 0.2) is 0 Å². The zero-order chi connectivity index (χ0) is 11.4. The summed E-state index contributed by atoms with van der Waals surface area (Å²) < 4.78 is 6.19. The molecule has 0 heterocycles. The third kappa shape index (κ3) is 2.93. The highest BCUT2D eigenvalue weighted by Crippen LogP contribution is 2.30. The van der Waals surface area contributed by atoms with Crippen molar-refractivity contribution in [3.8, 4) is 5.75 Å². The standard InChI is InChI=1S/C11H16BrNO2/c1-7-5-9(12)8(6-11(7)15-2)10(13)3-4-14/h5-6,10,14H,3-4,13H2,1-2H3. The van der Waals surface area contributed by atoms with E-state index in [0.717, 1.165) is 21.3 Å². The van der Waals surface area contributed by atoms with Crippen LogP contribution < -0.4 is 10.5 Å². The molecule has 1 unspecified atom stereocenters. The molecule has 0 saturated carbocycles. The number of benzene rings is 1. The normalized spacial score (nSPS) is 12.6. The van der Waals surface area contributed by atoms with Crippen molar-refractivity contribution >= 4 is 15.9 Å². The van der Waals surface area contributed by atoms with Gasteiger partial charge in [0, 0.05) is 17.1 Å². The maximum atomic E-state index is 8.84. The molecular weight excluding hydrogens is 258 g/mol. The molecule has 0 saturated heterocycles. The van der Waals surface area contributed by atoms with E-state index in [1.807, 2.05) is 19.1 Å². The van der Waals surface area contributed by atoms with E-state index in [2.05, 4.69) is 15.9 Å². The smallest absolute Gasteiger partial charge is 0.122 e. The van der Waals surface area contributed by atoms with E-state index < -0.39 is 0 Å². The Morgan fingerprint density at radius 2 is 2.20 bits per heavy atom. The van der Waals surface area contributed by atoms with Gasteiger partial charge in [0.25, 0.3) is 0 Å². The Bertz CT molecular complexity index is 342. The molecule has 0 aliphatic rings. The first-order valence-corrected chi connectivity index (χ1v) is 5.60. The lowest BCUT2D eigenvalue weighted by Crippen LogP contribution is -2.13. The van der Waals surface area contributed by atoms with Crippen LogP contribution in [0.5, 0.6) is 5.75 Å². The molecule has 0 radical (unpaired) electrons. The van der Waals surface area contributed by atoms with E-state index in [0.29, 0.717) is 6.42 Å². The van der Waals surface area contributed by atoms with Crippen molar-refractivity contribution in [2.75, 3.05) is 13.7 Å². The molecule has 1 aromatic carbocycles. The van der Waals surface area contributed by atoms with Crippen LogP contribution in [0.3, 0.4) is 0 Å². The van der Waals surface area contributed by atoms with E-state index in [9.17, 15) is 0 Å². The van der Waals surface area contributed by atoms with E-state index in [1.165, 1.54) is 0 Å². The van der Waals surface area contributed by atoms with Crippen LogP contribution in [0.15, 0.2) is 16.6 Å². The fourth-order valence-corrected chi connectivity index (χ4v) is 2.22. The summed E-state index contributed by atoms with van der Waals surface area (Å²) in [5.74, 6) is 0.821. The predicted molar refractivity (Wildman–Crippen MR) is 64.1 cm³/mol. The van der Waals surface area contributed by atoms with Crippen molar-refractivity contribution in [3.05, 3.63) is 27.7 Å². The number of hydrogen-bond acceptors (Lipinski definition) is 3. The molecule has 1 atom stereocenters. The summed E-state index contributed by atoms with van der Waals surface area (Å²) in [4.78, 5) is 0. The summed E-state index contributed by atoms with van der Waals surface area (Å²) in [7, 11) is 1.64. The van der Waals surface area contributed by atoms with Crippen molar-refractivity contribution in [1.82, 2.24) is 0 Å². The fourth-order valence-electron chi connectivity index (χ4n) is 1.47. The third-order valence-corrected chi connectivity index (χ3v) is 3.04. The monoisotopic (exact) mass is 273 g/mol. The van der Waals surface area contributed by atoms with Gasteiger partial charge < -0.3 is 15.6 Å². The summed E-state index contributed by atoms with van der Waals surface area (Å²) in [5, 5.41) is 8.84. The Morgan fingerprint density at radius 3 is 2.73 bits per heavy atom. The number of halogens is 1. The molecule has 3 nitrogen and oxygen atoms in total. The van der Waals surface area contributed by atoms with Crippen LogP contribution in [0.1, 0.15) is 23.6 Å². The van der Waals surface area contributed by atoms with Crippen LogP contribution in [-0.4, -0.2) is 18.8 Å². The lowest BCUT2D eigenvalue weighted by atomic mass is 10.0. The number of aliphatic hydroxyl groups excluding tert-OH is 1. The van der Waals surface area contributed by atoms with Crippen molar-refractivity contribution in [3.63, 3.8) is 0 Å². The van der Waals surface area contributed by atoms with Crippen LogP contribution in [0.25, 0.3) is 0 Å². The number of nitrogens with two attached hydrogens (primary N) is 1. The van der Waals surface area contributed by atoms with Crippen LogP contribution in [-0.2, 0) is 0 Å². The third-order valence-electron chi connectivity index (χ3n) is 2.35. The lowest BCUT2D eigenvalue weighted by Gasteiger charge is -2.15. The maximum Gasteiger partial charge on any atom is 0.122 e. The van der Waals surface area contributed by atoms with Crippen LogP contribution in [0, 0.1) is 6.92 Å². The molecule has 0 aromatic heterocycles. The number of ether oxygens (including phenoxy) is 1. The van der Waals surface area contributed by atoms with Gasteiger partial charge in [-0.2, -0.15) is 0 Å². The maximum absolute atomic E-state index is 8.84. The van der Waals surface area contributed by atoms with E-state index in [1.54, 1.807) is 7.11 Å².